The average Bonchev–Trinajstić information content (AvgIpc) is 2.89. The summed E-state index contributed by atoms with van der Waals surface area (Å²) in [4.78, 5) is 39.3. The van der Waals surface area contributed by atoms with E-state index in [1.54, 1.807) is 55.5 Å². The van der Waals surface area contributed by atoms with Crippen LogP contribution in [0, 0.1) is 0 Å². The molecule has 0 bridgehead atoms. The zero-order valence-electron chi connectivity index (χ0n) is 17.0. The van der Waals surface area contributed by atoms with Crippen molar-refractivity contribution in [1.29, 1.82) is 0 Å². The van der Waals surface area contributed by atoms with Crippen molar-refractivity contribution in [3.63, 3.8) is 0 Å². The van der Waals surface area contributed by atoms with Crippen LogP contribution in [0.1, 0.15) is 33.2 Å². The topological polar surface area (TPSA) is 72.9 Å². The number of carbonyl (C=O) groups is 3. The van der Waals surface area contributed by atoms with Crippen LogP contribution in [0.15, 0.2) is 78.9 Å². The Balaban J connectivity index is 1.46. The van der Waals surface area contributed by atoms with E-state index in [-0.39, 0.29) is 17.9 Å². The first-order valence-electron chi connectivity index (χ1n) is 9.94. The van der Waals surface area contributed by atoms with Gasteiger partial charge in [-0.15, -0.1) is 0 Å². The highest BCUT2D eigenvalue weighted by atomic mass is 16.5. The summed E-state index contributed by atoms with van der Waals surface area (Å²) in [5.41, 5.74) is 1.69. The number of imide groups is 1. The molecule has 3 aromatic rings. The van der Waals surface area contributed by atoms with Gasteiger partial charge in [0.1, 0.15) is 18.1 Å². The molecule has 0 saturated carbocycles. The molecule has 0 fully saturated rings. The Morgan fingerprint density at radius 1 is 0.935 bits per heavy atom. The number of nitrogens with zero attached hydrogens (tertiary/aromatic N) is 1. The fourth-order valence-corrected chi connectivity index (χ4v) is 3.31. The normalized spacial score (nSPS) is 15.6. The van der Waals surface area contributed by atoms with E-state index in [9.17, 15) is 14.4 Å². The zero-order valence-corrected chi connectivity index (χ0v) is 17.0. The highest BCUT2D eigenvalue weighted by Gasteiger charge is 2.35. The van der Waals surface area contributed by atoms with Crippen LogP contribution < -0.4 is 9.47 Å². The van der Waals surface area contributed by atoms with E-state index in [2.05, 4.69) is 0 Å². The third-order valence-electron chi connectivity index (χ3n) is 5.01. The van der Waals surface area contributed by atoms with Gasteiger partial charge in [-0.1, -0.05) is 42.5 Å². The van der Waals surface area contributed by atoms with Crippen LogP contribution >= 0.6 is 0 Å². The average molecular weight is 415 g/mol. The van der Waals surface area contributed by atoms with Crippen molar-refractivity contribution in [3.8, 4) is 11.5 Å². The largest absolute Gasteiger partial charge is 0.489 e. The summed E-state index contributed by atoms with van der Waals surface area (Å²) in [6.07, 6.45) is -0.867. The number of amides is 2. The molecule has 6 nitrogen and oxygen atoms in total. The first-order valence-corrected chi connectivity index (χ1v) is 9.94. The van der Waals surface area contributed by atoms with Crippen LogP contribution in [0.3, 0.4) is 0 Å². The molecule has 0 aromatic heterocycles. The van der Waals surface area contributed by atoms with Crippen molar-refractivity contribution in [2.24, 2.45) is 0 Å². The summed E-state index contributed by atoms with van der Waals surface area (Å²) in [6, 6.07) is 23.0. The van der Waals surface area contributed by atoms with Gasteiger partial charge in [0.15, 0.2) is 11.9 Å². The molecule has 1 aliphatic rings. The number of fused-ring (bicyclic) bond motifs is 1. The molecule has 4 rings (SSSR count). The number of hydrogen-bond acceptors (Lipinski definition) is 5. The molecule has 0 saturated heterocycles. The molecule has 0 unspecified atom stereocenters. The molecule has 31 heavy (non-hydrogen) atoms. The van der Waals surface area contributed by atoms with Gasteiger partial charge >= 0.3 is 0 Å². The first kappa shape index (κ1) is 20.3. The summed E-state index contributed by atoms with van der Waals surface area (Å²) in [7, 11) is 0. The standard InChI is InChI=1S/C25H21NO5/c1-17-24(28)26(25(29)21-9-5-6-10-23(21)31-17)15-22(27)19-11-13-20(14-12-19)30-16-18-7-3-2-4-8-18/h2-14,17H,15-16H2,1H3/t17-/m0/s1. The van der Waals surface area contributed by atoms with E-state index in [1.165, 1.54) is 0 Å². The van der Waals surface area contributed by atoms with E-state index in [1.807, 2.05) is 30.3 Å². The predicted molar refractivity (Wildman–Crippen MR) is 114 cm³/mol. The van der Waals surface area contributed by atoms with Gasteiger partial charge in [-0.05, 0) is 48.9 Å². The fourth-order valence-electron chi connectivity index (χ4n) is 3.31. The van der Waals surface area contributed by atoms with Crippen LogP contribution in [0.4, 0.5) is 0 Å². The molecule has 0 radical (unpaired) electrons. The quantitative estimate of drug-likeness (QED) is 0.451. The molecule has 2 amide bonds. The fraction of sp³-hybridized carbons (Fsp3) is 0.160. The molecular weight excluding hydrogens is 394 g/mol. The number of hydrogen-bond donors (Lipinski definition) is 0. The monoisotopic (exact) mass is 415 g/mol. The van der Waals surface area contributed by atoms with Crippen LogP contribution in [0.25, 0.3) is 0 Å². The van der Waals surface area contributed by atoms with Crippen molar-refractivity contribution >= 4 is 17.6 Å². The van der Waals surface area contributed by atoms with Crippen molar-refractivity contribution in [2.75, 3.05) is 6.54 Å². The molecular formula is C25H21NO5. The second-order valence-electron chi connectivity index (χ2n) is 7.21. The number of para-hydroxylation sites is 1. The van der Waals surface area contributed by atoms with Crippen molar-refractivity contribution < 1.29 is 23.9 Å². The SMILES string of the molecule is C[C@@H]1Oc2ccccc2C(=O)N(CC(=O)c2ccc(OCc3ccccc3)cc2)C1=O. The van der Waals surface area contributed by atoms with Crippen LogP contribution in [-0.2, 0) is 11.4 Å². The lowest BCUT2D eigenvalue weighted by Crippen LogP contribution is -2.44. The Bertz CT molecular complexity index is 1110. The van der Waals surface area contributed by atoms with E-state index < -0.39 is 17.9 Å². The summed E-state index contributed by atoms with van der Waals surface area (Å²) in [5.74, 6) is -0.470. The smallest absolute Gasteiger partial charge is 0.270 e. The third kappa shape index (κ3) is 4.48. The molecule has 1 aliphatic heterocycles. The van der Waals surface area contributed by atoms with Gasteiger partial charge in [-0.3, -0.25) is 19.3 Å². The number of ketones is 1. The minimum atomic E-state index is -0.867. The summed E-state index contributed by atoms with van der Waals surface area (Å²) in [6.45, 7) is 1.63. The second kappa shape index (κ2) is 8.83. The highest BCUT2D eigenvalue weighted by molar-refractivity contribution is 6.12. The Labute approximate surface area is 180 Å². The molecule has 1 atom stereocenters. The second-order valence-corrected chi connectivity index (χ2v) is 7.21. The number of rotatable bonds is 6. The number of benzene rings is 3. The van der Waals surface area contributed by atoms with Crippen LogP contribution in [0.5, 0.6) is 11.5 Å². The summed E-state index contributed by atoms with van der Waals surface area (Å²) < 4.78 is 11.3. The molecule has 6 heteroatoms. The Hall–Kier alpha value is -3.93. The molecule has 156 valence electrons. The summed E-state index contributed by atoms with van der Waals surface area (Å²) >= 11 is 0. The zero-order chi connectivity index (χ0) is 21.8. The maximum absolute atomic E-state index is 12.9. The molecule has 1 heterocycles. The van der Waals surface area contributed by atoms with Gasteiger partial charge in [-0.2, -0.15) is 0 Å². The van der Waals surface area contributed by atoms with Gasteiger partial charge in [0.25, 0.3) is 11.8 Å². The van der Waals surface area contributed by atoms with Gasteiger partial charge in [0.2, 0.25) is 0 Å². The minimum Gasteiger partial charge on any atom is -0.489 e. The van der Waals surface area contributed by atoms with E-state index >= 15 is 0 Å². The molecule has 0 aliphatic carbocycles. The Morgan fingerprint density at radius 2 is 1.61 bits per heavy atom. The van der Waals surface area contributed by atoms with Crippen molar-refractivity contribution in [1.82, 2.24) is 4.90 Å². The van der Waals surface area contributed by atoms with Gasteiger partial charge < -0.3 is 9.47 Å². The van der Waals surface area contributed by atoms with E-state index in [0.717, 1.165) is 10.5 Å². The van der Waals surface area contributed by atoms with E-state index in [4.69, 9.17) is 9.47 Å². The third-order valence-corrected chi connectivity index (χ3v) is 5.01. The lowest BCUT2D eigenvalue weighted by molar-refractivity contribution is -0.134. The highest BCUT2D eigenvalue weighted by Crippen LogP contribution is 2.25. The predicted octanol–water partition coefficient (Wildman–Crippen LogP) is 3.90. The molecule has 0 N–H and O–H groups in total. The van der Waals surface area contributed by atoms with Gasteiger partial charge in [-0.25, -0.2) is 0 Å². The lowest BCUT2D eigenvalue weighted by Gasteiger charge is -2.19. The number of carbonyl (C=O) groups excluding carboxylic acids is 3. The minimum absolute atomic E-state index is 0.262. The van der Waals surface area contributed by atoms with E-state index in [0.29, 0.717) is 23.7 Å². The maximum Gasteiger partial charge on any atom is 0.270 e. The van der Waals surface area contributed by atoms with Crippen molar-refractivity contribution in [3.05, 3.63) is 95.6 Å². The number of Topliss-reactive ketones (excluding diaryl/α,β-unsaturated/α-hetero) is 1. The van der Waals surface area contributed by atoms with Gasteiger partial charge in [0, 0.05) is 5.56 Å². The molecule has 3 aromatic carbocycles. The maximum atomic E-state index is 12.9. The molecule has 0 spiro atoms. The lowest BCUT2D eigenvalue weighted by atomic mass is 10.1. The van der Waals surface area contributed by atoms with Crippen molar-refractivity contribution in [2.45, 2.75) is 19.6 Å². The van der Waals surface area contributed by atoms with Gasteiger partial charge in [0.05, 0.1) is 12.1 Å². The van der Waals surface area contributed by atoms with Crippen LogP contribution in [0.2, 0.25) is 0 Å². The summed E-state index contributed by atoms with van der Waals surface area (Å²) in [5, 5.41) is 0. The Kier molecular flexibility index (Phi) is 5.80. The first-order chi connectivity index (χ1) is 15.0. The van der Waals surface area contributed by atoms with Crippen LogP contribution in [-0.4, -0.2) is 35.1 Å². The Morgan fingerprint density at radius 3 is 2.35 bits per heavy atom. The number of ether oxygens (including phenoxy) is 2.